The number of nitrogens with one attached hydrogen (secondary N) is 2. The zero-order valence-electron chi connectivity index (χ0n) is 29.3. The largest absolute Gasteiger partial charge is 0.442 e. The van der Waals surface area contributed by atoms with Crippen molar-refractivity contribution in [1.82, 2.24) is 30.4 Å². The maximum absolute atomic E-state index is 12.9. The van der Waals surface area contributed by atoms with Gasteiger partial charge in [-0.25, -0.2) is 19.4 Å². The molecule has 5 aliphatic rings. The zero-order chi connectivity index (χ0) is 36.9. The number of hydrazine groups is 1. The maximum atomic E-state index is 12.9. The van der Waals surface area contributed by atoms with Crippen LogP contribution in [0.4, 0.5) is 26.8 Å². The minimum absolute atomic E-state index is 0.272. The first-order valence-corrected chi connectivity index (χ1v) is 17.6. The van der Waals surface area contributed by atoms with Gasteiger partial charge in [-0.15, -0.1) is 10.2 Å². The zero-order valence-corrected chi connectivity index (χ0v) is 29.3. The molecule has 1 aromatic heterocycles. The molecule has 272 valence electrons. The van der Waals surface area contributed by atoms with E-state index in [1.807, 2.05) is 53.5 Å². The first kappa shape index (κ1) is 33.9. The first-order valence-electron chi connectivity index (χ1n) is 17.6. The highest BCUT2D eigenvalue weighted by molar-refractivity contribution is 6.01. The molecule has 4 fully saturated rings. The SMILES string of the molecule is CC(=O)NC1=NN(C)N(C[C@H]2CN(c3ccc(C4(C#N)CC4)cc3)C(=O)O2)C1CNc1cn(C[C@H]2CN(c3ccc(C4(C#N)CC4)cc3)C(=O)O2)nn1. The van der Waals surface area contributed by atoms with Gasteiger partial charge in [-0.05, 0) is 61.1 Å². The number of aromatic nitrogens is 3. The van der Waals surface area contributed by atoms with Crippen LogP contribution < -0.4 is 20.4 Å². The van der Waals surface area contributed by atoms with Crippen LogP contribution in [0.2, 0.25) is 0 Å². The highest BCUT2D eigenvalue weighted by Crippen LogP contribution is 2.48. The fourth-order valence-corrected chi connectivity index (χ4v) is 7.20. The lowest BCUT2D eigenvalue weighted by Crippen LogP contribution is -2.52. The minimum Gasteiger partial charge on any atom is -0.442 e. The Labute approximate surface area is 305 Å². The van der Waals surface area contributed by atoms with E-state index in [4.69, 9.17) is 9.47 Å². The minimum atomic E-state index is -0.493. The van der Waals surface area contributed by atoms with Crippen molar-refractivity contribution in [2.24, 2.45) is 5.10 Å². The molecule has 2 N–H and O–H groups in total. The number of carbonyl (C=O) groups excluding carboxylic acids is 3. The molecule has 53 heavy (non-hydrogen) atoms. The van der Waals surface area contributed by atoms with Crippen LogP contribution in [0.5, 0.6) is 0 Å². The van der Waals surface area contributed by atoms with Crippen molar-refractivity contribution in [3.63, 3.8) is 0 Å². The number of benzene rings is 2. The van der Waals surface area contributed by atoms with E-state index in [0.717, 1.165) is 36.8 Å². The number of ether oxygens (including phenoxy) is 2. The molecule has 1 unspecified atom stereocenters. The summed E-state index contributed by atoms with van der Waals surface area (Å²) in [4.78, 5) is 40.9. The lowest BCUT2D eigenvalue weighted by molar-refractivity contribution is -0.117. The summed E-state index contributed by atoms with van der Waals surface area (Å²) in [6, 6.07) is 19.4. The number of rotatable bonds is 11. The summed E-state index contributed by atoms with van der Waals surface area (Å²) in [7, 11) is 1.75. The summed E-state index contributed by atoms with van der Waals surface area (Å²) >= 11 is 0. The third-order valence-corrected chi connectivity index (χ3v) is 10.5. The highest BCUT2D eigenvalue weighted by atomic mass is 16.6. The second kappa shape index (κ2) is 13.1. The topological polar surface area (TPSA) is 197 Å². The Morgan fingerprint density at radius 2 is 1.40 bits per heavy atom. The second-order valence-corrected chi connectivity index (χ2v) is 14.2. The van der Waals surface area contributed by atoms with E-state index in [1.54, 1.807) is 32.8 Å². The van der Waals surface area contributed by atoms with E-state index in [0.29, 0.717) is 42.7 Å². The fourth-order valence-electron chi connectivity index (χ4n) is 7.20. The van der Waals surface area contributed by atoms with Gasteiger partial charge < -0.3 is 20.1 Å². The summed E-state index contributed by atoms with van der Waals surface area (Å²) in [6.07, 6.45) is 3.24. The molecule has 0 spiro atoms. The molecule has 0 radical (unpaired) electrons. The van der Waals surface area contributed by atoms with Crippen LogP contribution in [0.1, 0.15) is 43.7 Å². The van der Waals surface area contributed by atoms with Crippen molar-refractivity contribution in [1.29, 1.82) is 10.5 Å². The number of hydrogen-bond acceptors (Lipinski definition) is 13. The summed E-state index contributed by atoms with van der Waals surface area (Å²) in [5.41, 5.74) is 2.52. The quantitative estimate of drug-likeness (QED) is 0.295. The number of hydrazone groups is 1. The molecule has 2 saturated carbocycles. The van der Waals surface area contributed by atoms with Gasteiger partial charge in [-0.2, -0.15) is 15.5 Å². The van der Waals surface area contributed by atoms with Crippen LogP contribution in [0.15, 0.2) is 59.8 Å². The molecule has 2 saturated heterocycles. The van der Waals surface area contributed by atoms with Gasteiger partial charge in [0.1, 0.15) is 18.2 Å². The van der Waals surface area contributed by atoms with Crippen molar-refractivity contribution in [3.05, 3.63) is 65.9 Å². The van der Waals surface area contributed by atoms with Crippen molar-refractivity contribution in [2.45, 2.75) is 68.2 Å². The lowest BCUT2D eigenvalue weighted by atomic mass is 9.97. The van der Waals surface area contributed by atoms with Crippen molar-refractivity contribution >= 4 is 41.1 Å². The molecule has 8 rings (SSSR count). The predicted octanol–water partition coefficient (Wildman–Crippen LogP) is 2.83. The molecule has 17 nitrogen and oxygen atoms in total. The number of amides is 3. The Kier molecular flexibility index (Phi) is 8.38. The van der Waals surface area contributed by atoms with Gasteiger partial charge in [0, 0.05) is 31.9 Å². The van der Waals surface area contributed by atoms with Crippen molar-refractivity contribution in [3.8, 4) is 12.1 Å². The molecular weight excluding hydrogens is 680 g/mol. The molecule has 2 aliphatic carbocycles. The van der Waals surface area contributed by atoms with Crippen LogP contribution in [0.3, 0.4) is 0 Å². The van der Waals surface area contributed by atoms with Crippen LogP contribution >= 0.6 is 0 Å². The van der Waals surface area contributed by atoms with E-state index >= 15 is 0 Å². The summed E-state index contributed by atoms with van der Waals surface area (Å²) in [5.74, 6) is 0.622. The van der Waals surface area contributed by atoms with Crippen LogP contribution in [0, 0.1) is 22.7 Å². The lowest BCUT2D eigenvalue weighted by Gasteiger charge is -2.30. The Morgan fingerprint density at radius 3 is 1.89 bits per heavy atom. The van der Waals surface area contributed by atoms with Crippen molar-refractivity contribution in [2.75, 3.05) is 48.3 Å². The number of anilines is 3. The number of carbonyl (C=O) groups is 3. The highest BCUT2D eigenvalue weighted by Gasteiger charge is 2.46. The average molecular weight is 719 g/mol. The van der Waals surface area contributed by atoms with E-state index in [2.05, 4.69) is 38.2 Å². The van der Waals surface area contributed by atoms with E-state index in [9.17, 15) is 24.9 Å². The normalized spacial score (nSPS) is 23.9. The Balaban J connectivity index is 0.877. The van der Waals surface area contributed by atoms with E-state index in [-0.39, 0.29) is 19.0 Å². The average Bonchev–Trinajstić information content (AvgIpc) is 3.97. The van der Waals surface area contributed by atoms with Gasteiger partial charge in [0.2, 0.25) is 5.91 Å². The number of amidine groups is 1. The van der Waals surface area contributed by atoms with Gasteiger partial charge >= 0.3 is 12.2 Å². The van der Waals surface area contributed by atoms with Gasteiger partial charge in [0.15, 0.2) is 11.7 Å². The Morgan fingerprint density at radius 1 is 0.868 bits per heavy atom. The van der Waals surface area contributed by atoms with Crippen LogP contribution in [-0.2, 0) is 31.6 Å². The van der Waals surface area contributed by atoms with E-state index < -0.39 is 41.3 Å². The molecule has 2 aromatic carbocycles. The summed E-state index contributed by atoms with van der Waals surface area (Å²) in [5, 5.41) is 41.7. The molecular formula is C36H38N12O5. The first-order chi connectivity index (χ1) is 25.6. The monoisotopic (exact) mass is 718 g/mol. The Bertz CT molecular complexity index is 2040. The maximum Gasteiger partial charge on any atom is 0.414 e. The van der Waals surface area contributed by atoms with Gasteiger partial charge in [0.05, 0.1) is 55.3 Å². The molecule has 17 heteroatoms. The third-order valence-electron chi connectivity index (χ3n) is 10.5. The predicted molar refractivity (Wildman–Crippen MR) is 189 cm³/mol. The number of hydrogen-bond donors (Lipinski definition) is 2. The van der Waals surface area contributed by atoms with Gasteiger partial charge in [-0.3, -0.25) is 14.6 Å². The standard InChI is InChI=1S/C36H38N12O5/c1-23(49)40-32-30(48(44(2)42-32)19-29-18-47(34(51)53-29)27-9-5-25(6-10-27)36(22-38)13-14-36)15-39-31-20-45(43-41-31)16-28-17-46(33(50)52-28)26-7-3-24(4-8-26)35(21-37)11-12-35/h3-10,20,28-30,39H,11-19H2,1-2H3,(H,40,42,49)/t28-,29+,30?/m0/s1. The van der Waals surface area contributed by atoms with E-state index in [1.165, 1.54) is 6.92 Å². The molecule has 0 bridgehead atoms. The number of nitrogens with zero attached hydrogens (tertiary/aromatic N) is 10. The fraction of sp³-hybridized carbons (Fsp3) is 0.444. The summed E-state index contributed by atoms with van der Waals surface area (Å²) < 4.78 is 13.0. The molecule has 3 aromatic rings. The summed E-state index contributed by atoms with van der Waals surface area (Å²) in [6.45, 7) is 2.92. The second-order valence-electron chi connectivity index (χ2n) is 14.2. The number of nitriles is 2. The molecule has 3 atom stereocenters. The molecule has 4 heterocycles. The van der Waals surface area contributed by atoms with Gasteiger partial charge in [0.25, 0.3) is 0 Å². The third kappa shape index (κ3) is 6.55. The smallest absolute Gasteiger partial charge is 0.414 e. The van der Waals surface area contributed by atoms with Crippen LogP contribution in [0.25, 0.3) is 0 Å². The van der Waals surface area contributed by atoms with Gasteiger partial charge in [-0.1, -0.05) is 29.5 Å². The Hall–Kier alpha value is -6.20. The van der Waals surface area contributed by atoms with Crippen LogP contribution in [-0.4, -0.2) is 101 Å². The molecule has 3 amide bonds. The van der Waals surface area contributed by atoms with Crippen molar-refractivity contribution < 1.29 is 23.9 Å². The number of cyclic esters (lactones) is 2. The molecule has 3 aliphatic heterocycles.